The van der Waals surface area contributed by atoms with Crippen molar-refractivity contribution in [3.63, 3.8) is 0 Å². The Labute approximate surface area is 155 Å². The van der Waals surface area contributed by atoms with Crippen LogP contribution >= 0.6 is 12.4 Å². The Balaban J connectivity index is 0.00000312. The molecular formula is C18H27ClN2O4. The number of carbonyl (C=O) groups is 1. The molecule has 2 atom stereocenters. The van der Waals surface area contributed by atoms with Crippen LogP contribution in [0.1, 0.15) is 18.1 Å². The maximum absolute atomic E-state index is 12.3. The van der Waals surface area contributed by atoms with Gasteiger partial charge in [0.05, 0.1) is 26.9 Å². The average molecular weight is 371 g/mol. The molecule has 0 radical (unpaired) electrons. The molecule has 1 aliphatic heterocycles. The van der Waals surface area contributed by atoms with Gasteiger partial charge in [-0.3, -0.25) is 4.79 Å². The number of benzene rings is 1. The lowest BCUT2D eigenvalue weighted by Crippen LogP contribution is -2.55. The van der Waals surface area contributed by atoms with Gasteiger partial charge in [0.1, 0.15) is 6.04 Å². The fraction of sp³-hybridized carbons (Fsp3) is 0.500. The van der Waals surface area contributed by atoms with E-state index in [4.69, 9.17) is 14.2 Å². The Morgan fingerprint density at radius 1 is 1.44 bits per heavy atom. The smallest absolute Gasteiger partial charge is 0.240 e. The lowest BCUT2D eigenvalue weighted by molar-refractivity contribution is -0.129. The molecule has 25 heavy (non-hydrogen) atoms. The van der Waals surface area contributed by atoms with E-state index >= 15 is 0 Å². The zero-order valence-corrected chi connectivity index (χ0v) is 15.8. The third kappa shape index (κ3) is 5.36. The summed E-state index contributed by atoms with van der Waals surface area (Å²) in [6.45, 7) is 7.39. The van der Waals surface area contributed by atoms with E-state index in [-0.39, 0.29) is 30.5 Å². The van der Waals surface area contributed by atoms with Gasteiger partial charge in [0.2, 0.25) is 5.91 Å². The van der Waals surface area contributed by atoms with Gasteiger partial charge in [0.25, 0.3) is 0 Å². The second-order valence-corrected chi connectivity index (χ2v) is 5.71. The van der Waals surface area contributed by atoms with Crippen molar-refractivity contribution >= 4 is 18.3 Å². The number of allylic oxidation sites excluding steroid dienone is 1. The molecule has 1 aliphatic rings. The molecule has 0 bridgehead atoms. The lowest BCUT2D eigenvalue weighted by Gasteiger charge is -2.29. The highest BCUT2D eigenvalue weighted by Crippen LogP contribution is 2.33. The second kappa shape index (κ2) is 10.3. The molecular weight excluding hydrogens is 344 g/mol. The van der Waals surface area contributed by atoms with E-state index < -0.39 is 0 Å². The quantitative estimate of drug-likeness (QED) is 0.717. The van der Waals surface area contributed by atoms with Gasteiger partial charge < -0.3 is 24.8 Å². The van der Waals surface area contributed by atoms with Gasteiger partial charge in [-0.1, -0.05) is 6.08 Å². The summed E-state index contributed by atoms with van der Waals surface area (Å²) < 4.78 is 16.3. The maximum atomic E-state index is 12.3. The first-order valence-electron chi connectivity index (χ1n) is 8.08. The van der Waals surface area contributed by atoms with E-state index in [1.165, 1.54) is 0 Å². The van der Waals surface area contributed by atoms with Crippen LogP contribution in [-0.2, 0) is 22.5 Å². The molecule has 0 aliphatic carbocycles. The highest BCUT2D eigenvalue weighted by Gasteiger charge is 2.28. The number of hydrogen-bond donors (Lipinski definition) is 2. The molecule has 0 aromatic heterocycles. The number of halogens is 1. The molecule has 1 amide bonds. The summed E-state index contributed by atoms with van der Waals surface area (Å²) in [6.07, 6.45) is 2.33. The van der Waals surface area contributed by atoms with Crippen molar-refractivity contribution in [2.24, 2.45) is 0 Å². The van der Waals surface area contributed by atoms with E-state index in [0.29, 0.717) is 37.6 Å². The van der Waals surface area contributed by atoms with E-state index in [1.54, 1.807) is 14.2 Å². The first-order valence-corrected chi connectivity index (χ1v) is 8.08. The molecule has 1 aromatic carbocycles. The zero-order valence-electron chi connectivity index (χ0n) is 15.0. The predicted octanol–water partition coefficient (Wildman–Crippen LogP) is 1.85. The van der Waals surface area contributed by atoms with Crippen molar-refractivity contribution in [3.05, 3.63) is 35.9 Å². The largest absolute Gasteiger partial charge is 0.493 e. The van der Waals surface area contributed by atoms with Crippen LogP contribution in [0.5, 0.6) is 11.5 Å². The van der Waals surface area contributed by atoms with Crippen LogP contribution in [0.4, 0.5) is 0 Å². The summed E-state index contributed by atoms with van der Waals surface area (Å²) in [5.41, 5.74) is 1.92. The average Bonchev–Trinajstić information content (AvgIpc) is 2.59. The van der Waals surface area contributed by atoms with Gasteiger partial charge in [-0.25, -0.2) is 0 Å². The SMILES string of the molecule is C=CCc1cc(CNC(=O)[C@H]2NCCO[C@@H]2C)cc(OC)c1OC.Cl. The molecule has 1 aromatic rings. The van der Waals surface area contributed by atoms with Crippen LogP contribution < -0.4 is 20.1 Å². The number of nitrogens with one attached hydrogen (secondary N) is 2. The number of carbonyl (C=O) groups excluding carboxylic acids is 1. The Hall–Kier alpha value is -1.76. The van der Waals surface area contributed by atoms with Crippen LogP contribution in [0.3, 0.4) is 0 Å². The number of methoxy groups -OCH3 is 2. The Bertz CT molecular complexity index is 595. The molecule has 0 spiro atoms. The van der Waals surface area contributed by atoms with Gasteiger partial charge in [-0.2, -0.15) is 0 Å². The third-order valence-corrected chi connectivity index (χ3v) is 4.05. The minimum Gasteiger partial charge on any atom is -0.493 e. The maximum Gasteiger partial charge on any atom is 0.240 e. The van der Waals surface area contributed by atoms with Gasteiger partial charge >= 0.3 is 0 Å². The monoisotopic (exact) mass is 370 g/mol. The predicted molar refractivity (Wildman–Crippen MR) is 99.7 cm³/mol. The van der Waals surface area contributed by atoms with E-state index in [0.717, 1.165) is 11.1 Å². The van der Waals surface area contributed by atoms with Gasteiger partial charge in [-0.05, 0) is 31.0 Å². The Morgan fingerprint density at radius 2 is 2.20 bits per heavy atom. The minimum atomic E-state index is -0.327. The van der Waals surface area contributed by atoms with Crippen LogP contribution in [-0.4, -0.2) is 45.4 Å². The number of rotatable bonds is 7. The lowest BCUT2D eigenvalue weighted by atomic mass is 10.0. The van der Waals surface area contributed by atoms with Gasteiger partial charge in [0, 0.05) is 18.7 Å². The molecule has 2 rings (SSSR count). The third-order valence-electron chi connectivity index (χ3n) is 4.05. The summed E-state index contributed by atoms with van der Waals surface area (Å²) >= 11 is 0. The zero-order chi connectivity index (χ0) is 17.5. The molecule has 1 fully saturated rings. The molecule has 1 saturated heterocycles. The molecule has 2 N–H and O–H groups in total. The fourth-order valence-electron chi connectivity index (χ4n) is 2.84. The van der Waals surface area contributed by atoms with Crippen molar-refractivity contribution in [3.8, 4) is 11.5 Å². The number of hydrogen-bond acceptors (Lipinski definition) is 5. The summed E-state index contributed by atoms with van der Waals surface area (Å²) in [5.74, 6) is 1.28. The summed E-state index contributed by atoms with van der Waals surface area (Å²) in [5, 5.41) is 6.14. The van der Waals surface area contributed by atoms with E-state index in [1.807, 2.05) is 25.1 Å². The number of amides is 1. The van der Waals surface area contributed by atoms with Crippen molar-refractivity contribution in [1.82, 2.24) is 10.6 Å². The first kappa shape index (κ1) is 21.3. The van der Waals surface area contributed by atoms with Crippen LogP contribution in [0.2, 0.25) is 0 Å². The van der Waals surface area contributed by atoms with Crippen LogP contribution in [0, 0.1) is 0 Å². The molecule has 0 unspecified atom stereocenters. The summed E-state index contributed by atoms with van der Waals surface area (Å²) in [4.78, 5) is 12.3. The highest BCUT2D eigenvalue weighted by molar-refractivity contribution is 5.85. The molecule has 7 heteroatoms. The van der Waals surface area contributed by atoms with Crippen molar-refractivity contribution in [2.75, 3.05) is 27.4 Å². The Morgan fingerprint density at radius 3 is 2.80 bits per heavy atom. The molecule has 140 valence electrons. The van der Waals surface area contributed by atoms with Crippen molar-refractivity contribution in [1.29, 1.82) is 0 Å². The normalized spacial score (nSPS) is 19.5. The minimum absolute atomic E-state index is 0. The van der Waals surface area contributed by atoms with Gasteiger partial charge in [-0.15, -0.1) is 19.0 Å². The van der Waals surface area contributed by atoms with Crippen LogP contribution in [0.25, 0.3) is 0 Å². The van der Waals surface area contributed by atoms with E-state index in [2.05, 4.69) is 17.2 Å². The standard InChI is InChI=1S/C18H26N2O4.ClH/c1-5-6-14-9-13(10-15(22-3)17(14)23-4)11-20-18(21)16-12(2)24-8-7-19-16;/h5,9-10,12,16,19H,1,6-8,11H2,2-4H3,(H,20,21);1H/t12-,16+;/m1./s1. The van der Waals surface area contributed by atoms with Gasteiger partial charge in [0.15, 0.2) is 11.5 Å². The molecule has 6 nitrogen and oxygen atoms in total. The topological polar surface area (TPSA) is 68.8 Å². The number of morpholine rings is 1. The Kier molecular flexibility index (Phi) is 8.75. The molecule has 1 heterocycles. The fourth-order valence-corrected chi connectivity index (χ4v) is 2.84. The number of ether oxygens (including phenoxy) is 3. The summed E-state index contributed by atoms with van der Waals surface area (Å²) in [6, 6.07) is 3.55. The van der Waals surface area contributed by atoms with Crippen molar-refractivity contribution in [2.45, 2.75) is 32.0 Å². The first-order chi connectivity index (χ1) is 11.6. The summed E-state index contributed by atoms with van der Waals surface area (Å²) in [7, 11) is 3.21. The second-order valence-electron chi connectivity index (χ2n) is 5.71. The molecule has 0 saturated carbocycles. The van der Waals surface area contributed by atoms with Crippen molar-refractivity contribution < 1.29 is 19.0 Å². The highest BCUT2D eigenvalue weighted by atomic mass is 35.5. The van der Waals surface area contributed by atoms with E-state index in [9.17, 15) is 4.79 Å². The van der Waals surface area contributed by atoms with Crippen LogP contribution in [0.15, 0.2) is 24.8 Å².